The first kappa shape index (κ1) is 34.4. The number of ether oxygens (including phenoxy) is 2. The molecule has 45 heavy (non-hydrogen) atoms. The maximum atomic E-state index is 13.7. The largest absolute Gasteiger partial charge is 0.493 e. The van der Waals surface area contributed by atoms with Crippen LogP contribution in [0.25, 0.3) is 32.8 Å². The highest BCUT2D eigenvalue weighted by molar-refractivity contribution is 6.17. The maximum absolute atomic E-state index is 13.7. The van der Waals surface area contributed by atoms with Crippen LogP contribution in [-0.4, -0.2) is 47.1 Å². The first-order valence-corrected chi connectivity index (χ1v) is 16.2. The summed E-state index contributed by atoms with van der Waals surface area (Å²) in [4.78, 5) is 13.7. The molecule has 9 heteroatoms. The van der Waals surface area contributed by atoms with Crippen molar-refractivity contribution in [2.24, 2.45) is 7.05 Å². The van der Waals surface area contributed by atoms with E-state index in [4.69, 9.17) is 26.2 Å². The van der Waals surface area contributed by atoms with Crippen LogP contribution in [0.5, 0.6) is 5.75 Å². The molecule has 0 aliphatic rings. The van der Waals surface area contributed by atoms with Crippen molar-refractivity contribution in [3.8, 4) is 16.9 Å². The van der Waals surface area contributed by atoms with E-state index in [-0.39, 0.29) is 18.4 Å². The van der Waals surface area contributed by atoms with Crippen LogP contribution in [0.15, 0.2) is 60.7 Å². The van der Waals surface area contributed by atoms with Gasteiger partial charge in [0.05, 0.1) is 36.0 Å². The Kier molecular flexibility index (Phi) is 12.3. The van der Waals surface area contributed by atoms with Crippen molar-refractivity contribution in [1.82, 2.24) is 19.7 Å². The normalized spacial score (nSPS) is 11.2. The molecule has 2 aromatic heterocycles. The van der Waals surface area contributed by atoms with Crippen molar-refractivity contribution in [3.63, 3.8) is 0 Å². The molecular formula is C36H44Cl2N4O3. The zero-order chi connectivity index (χ0) is 31.1. The van der Waals surface area contributed by atoms with E-state index in [2.05, 4.69) is 46.3 Å². The van der Waals surface area contributed by atoms with Crippen LogP contribution < -0.4 is 10.1 Å². The van der Waals surface area contributed by atoms with Gasteiger partial charge in [-0.2, -0.15) is 5.10 Å². The summed E-state index contributed by atoms with van der Waals surface area (Å²) in [6, 6.07) is 20.7. The third-order valence-electron chi connectivity index (χ3n) is 8.28. The molecule has 0 atom stereocenters. The molecule has 0 bridgehead atoms. The number of rotatable bonds is 15. The van der Waals surface area contributed by atoms with Crippen molar-refractivity contribution in [3.05, 3.63) is 83.3 Å². The first-order chi connectivity index (χ1) is 21.5. The summed E-state index contributed by atoms with van der Waals surface area (Å²) in [6.45, 7) is 6.41. The Bertz CT molecular complexity index is 1740. The number of halogens is 2. The molecule has 5 rings (SSSR count). The van der Waals surface area contributed by atoms with Crippen molar-refractivity contribution in [2.75, 3.05) is 26.8 Å². The molecule has 0 amide bonds. The highest BCUT2D eigenvalue weighted by Gasteiger charge is 2.27. The number of esters is 1. The third-order valence-corrected chi connectivity index (χ3v) is 8.53. The van der Waals surface area contributed by atoms with Crippen LogP contribution in [0, 0.1) is 6.92 Å². The molecule has 5 aromatic rings. The van der Waals surface area contributed by atoms with Crippen molar-refractivity contribution < 1.29 is 14.3 Å². The number of nitrogens with zero attached hydrogens (tertiary/aromatic N) is 3. The lowest BCUT2D eigenvalue weighted by Gasteiger charge is -2.14. The summed E-state index contributed by atoms with van der Waals surface area (Å²) >= 11 is 6.46. The lowest BCUT2D eigenvalue weighted by molar-refractivity contribution is 0.0512. The van der Waals surface area contributed by atoms with Gasteiger partial charge in [-0.1, -0.05) is 61.0 Å². The van der Waals surface area contributed by atoms with Gasteiger partial charge in [0.15, 0.2) is 0 Å². The van der Waals surface area contributed by atoms with Crippen LogP contribution in [0.1, 0.15) is 60.0 Å². The second-order valence-electron chi connectivity index (χ2n) is 11.2. The van der Waals surface area contributed by atoms with Gasteiger partial charge in [-0.05, 0) is 70.1 Å². The summed E-state index contributed by atoms with van der Waals surface area (Å²) in [5, 5.41) is 11.3. The van der Waals surface area contributed by atoms with Crippen LogP contribution in [-0.2, 0) is 30.6 Å². The fourth-order valence-electron chi connectivity index (χ4n) is 6.30. The molecule has 240 valence electrons. The van der Waals surface area contributed by atoms with Gasteiger partial charge in [0, 0.05) is 35.5 Å². The summed E-state index contributed by atoms with van der Waals surface area (Å²) in [7, 11) is 3.91. The number of unbranched alkanes of at least 4 members (excludes halogenated alkanes) is 2. The van der Waals surface area contributed by atoms with E-state index in [9.17, 15) is 4.79 Å². The molecule has 0 aliphatic heterocycles. The molecule has 2 heterocycles. The molecule has 0 spiro atoms. The number of hydrogen-bond donors (Lipinski definition) is 1. The van der Waals surface area contributed by atoms with Crippen LogP contribution in [0.4, 0.5) is 0 Å². The number of hydrogen-bond acceptors (Lipinski definition) is 5. The fourth-order valence-corrected chi connectivity index (χ4v) is 6.61. The molecule has 0 saturated carbocycles. The van der Waals surface area contributed by atoms with E-state index < -0.39 is 0 Å². The van der Waals surface area contributed by atoms with Crippen molar-refractivity contribution >= 4 is 51.7 Å². The molecule has 1 N–H and O–H groups in total. The van der Waals surface area contributed by atoms with Gasteiger partial charge >= 0.3 is 5.97 Å². The molecule has 0 unspecified atom stereocenters. The standard InChI is InChI=1S/C36H43ClN4O3.ClH/c1-5-43-36(42)35-29(19-13-23-44-32-20-11-15-26-14-7-8-16-27(26)32)28-17-12-18-30(33-25(2)39-40(4)31(33)24-37)34(28)41(35)22-10-6-9-21-38-3;/h7-8,11-12,14-18,20,38H,5-6,9-10,13,19,21-24H2,1-4H3;1H. The summed E-state index contributed by atoms with van der Waals surface area (Å²) in [6.07, 6.45) is 4.51. The minimum atomic E-state index is -0.282. The molecule has 0 fully saturated rings. The minimum absolute atomic E-state index is 0. The van der Waals surface area contributed by atoms with Gasteiger partial charge in [0.1, 0.15) is 11.4 Å². The third kappa shape index (κ3) is 7.32. The number of fused-ring (bicyclic) bond motifs is 2. The average Bonchev–Trinajstić information content (AvgIpc) is 3.51. The predicted molar refractivity (Wildman–Crippen MR) is 187 cm³/mol. The monoisotopic (exact) mass is 650 g/mol. The lowest BCUT2D eigenvalue weighted by Crippen LogP contribution is -2.15. The minimum Gasteiger partial charge on any atom is -0.493 e. The van der Waals surface area contributed by atoms with E-state index >= 15 is 0 Å². The highest BCUT2D eigenvalue weighted by Crippen LogP contribution is 2.39. The number of carbonyl (C=O) groups excluding carboxylic acids is 1. The SMILES string of the molecule is CCOC(=O)c1c(CCCOc2cccc3ccccc23)c2cccc(-c3c(C)nn(C)c3CCl)c2n1CCCCCNC.Cl. The van der Waals surface area contributed by atoms with E-state index in [1.165, 1.54) is 0 Å². The Labute approximate surface area is 277 Å². The number of aromatic nitrogens is 3. The molecule has 3 aromatic carbocycles. The molecule has 0 radical (unpaired) electrons. The summed E-state index contributed by atoms with van der Waals surface area (Å²) in [5.74, 6) is 0.938. The Morgan fingerprint density at radius 1 is 0.978 bits per heavy atom. The summed E-state index contributed by atoms with van der Waals surface area (Å²) < 4.78 is 16.0. The maximum Gasteiger partial charge on any atom is 0.355 e. The fraction of sp³-hybridized carbons (Fsp3) is 0.389. The van der Waals surface area contributed by atoms with Crippen LogP contribution in [0.2, 0.25) is 0 Å². The van der Waals surface area contributed by atoms with Gasteiger partial charge in [-0.3, -0.25) is 4.68 Å². The topological polar surface area (TPSA) is 70.3 Å². The second kappa shape index (κ2) is 16.2. The van der Waals surface area contributed by atoms with Crippen molar-refractivity contribution in [1.29, 1.82) is 0 Å². The Hall–Kier alpha value is -3.52. The van der Waals surface area contributed by atoms with E-state index in [0.29, 0.717) is 37.8 Å². The van der Waals surface area contributed by atoms with Gasteiger partial charge < -0.3 is 19.4 Å². The number of para-hydroxylation sites is 1. The van der Waals surface area contributed by atoms with Crippen LogP contribution in [0.3, 0.4) is 0 Å². The number of nitrogens with one attached hydrogen (secondary N) is 1. The molecule has 7 nitrogen and oxygen atoms in total. The molecule has 0 saturated heterocycles. The summed E-state index contributed by atoms with van der Waals surface area (Å²) in [5.41, 5.74) is 6.64. The Morgan fingerprint density at radius 3 is 2.51 bits per heavy atom. The molecule has 0 aliphatic carbocycles. The van der Waals surface area contributed by atoms with E-state index in [1.807, 2.05) is 56.9 Å². The average molecular weight is 652 g/mol. The zero-order valence-electron chi connectivity index (χ0n) is 26.7. The van der Waals surface area contributed by atoms with Crippen molar-refractivity contribution in [2.45, 2.75) is 58.4 Å². The Morgan fingerprint density at radius 2 is 1.73 bits per heavy atom. The first-order valence-electron chi connectivity index (χ1n) is 15.6. The van der Waals surface area contributed by atoms with Gasteiger partial charge in [-0.25, -0.2) is 4.79 Å². The van der Waals surface area contributed by atoms with Crippen LogP contribution >= 0.6 is 24.0 Å². The lowest BCUT2D eigenvalue weighted by atomic mass is 9.98. The van der Waals surface area contributed by atoms with E-state index in [0.717, 1.165) is 87.7 Å². The van der Waals surface area contributed by atoms with Gasteiger partial charge in [0.2, 0.25) is 0 Å². The Balaban J connectivity index is 0.00000461. The smallest absolute Gasteiger partial charge is 0.355 e. The van der Waals surface area contributed by atoms with Gasteiger partial charge in [-0.15, -0.1) is 24.0 Å². The quantitative estimate of drug-likeness (QED) is 0.0702. The zero-order valence-corrected chi connectivity index (χ0v) is 28.3. The number of benzene rings is 3. The second-order valence-corrected chi connectivity index (χ2v) is 11.4. The molecular weight excluding hydrogens is 607 g/mol. The number of aryl methyl sites for hydroxylation is 4. The number of carbonyl (C=O) groups is 1. The predicted octanol–water partition coefficient (Wildman–Crippen LogP) is 8.24. The van der Waals surface area contributed by atoms with Gasteiger partial charge in [0.25, 0.3) is 0 Å². The number of alkyl halides is 1. The van der Waals surface area contributed by atoms with E-state index in [1.54, 1.807) is 0 Å². The highest BCUT2D eigenvalue weighted by atomic mass is 35.5.